The first kappa shape index (κ1) is 16.6. The van der Waals surface area contributed by atoms with Gasteiger partial charge >= 0.3 is 0 Å². The second-order valence-corrected chi connectivity index (χ2v) is 6.56. The molecule has 0 unspecified atom stereocenters. The van der Waals surface area contributed by atoms with Crippen molar-refractivity contribution in [3.8, 4) is 5.75 Å². The van der Waals surface area contributed by atoms with Gasteiger partial charge < -0.3 is 9.47 Å². The van der Waals surface area contributed by atoms with Gasteiger partial charge in [0.2, 0.25) is 0 Å². The Morgan fingerprint density at radius 3 is 2.69 bits per heavy atom. The molecule has 0 atom stereocenters. The smallest absolute Gasteiger partial charge is 0.188 e. The number of allylic oxidation sites excluding steroid dienone is 5. The summed E-state index contributed by atoms with van der Waals surface area (Å²) >= 11 is 0. The fourth-order valence-corrected chi connectivity index (χ4v) is 3.63. The van der Waals surface area contributed by atoms with E-state index in [1.807, 2.05) is 24.3 Å². The molecule has 0 saturated heterocycles. The minimum atomic E-state index is 0.0446. The van der Waals surface area contributed by atoms with E-state index in [9.17, 15) is 4.79 Å². The van der Waals surface area contributed by atoms with E-state index in [1.165, 1.54) is 22.3 Å². The van der Waals surface area contributed by atoms with E-state index >= 15 is 0 Å². The Hall–Kier alpha value is -2.91. The minimum Gasteiger partial charge on any atom is -0.468 e. The second kappa shape index (κ2) is 6.77. The first-order valence-corrected chi connectivity index (χ1v) is 8.65. The van der Waals surface area contributed by atoms with Gasteiger partial charge in [0.25, 0.3) is 0 Å². The van der Waals surface area contributed by atoms with Crippen LogP contribution in [0, 0.1) is 6.92 Å². The molecular formula is C23H20O3. The number of carbonyl (C=O) groups excluding carboxylic acids is 1. The molecule has 0 N–H and O–H groups in total. The van der Waals surface area contributed by atoms with E-state index < -0.39 is 0 Å². The summed E-state index contributed by atoms with van der Waals surface area (Å²) in [5.74, 6) is 0.819. The van der Waals surface area contributed by atoms with E-state index in [1.54, 1.807) is 19.3 Å². The topological polar surface area (TPSA) is 35.5 Å². The van der Waals surface area contributed by atoms with Gasteiger partial charge in [-0.3, -0.25) is 4.79 Å². The van der Waals surface area contributed by atoms with Crippen molar-refractivity contribution in [2.45, 2.75) is 13.3 Å². The van der Waals surface area contributed by atoms with Crippen LogP contribution in [0.5, 0.6) is 5.75 Å². The van der Waals surface area contributed by atoms with Crippen LogP contribution in [0.15, 0.2) is 71.8 Å². The highest BCUT2D eigenvalue weighted by Crippen LogP contribution is 2.42. The lowest BCUT2D eigenvalue weighted by Crippen LogP contribution is -2.13. The number of ketones is 1. The first-order valence-electron chi connectivity index (χ1n) is 8.65. The zero-order chi connectivity index (χ0) is 18.1. The molecule has 0 bridgehead atoms. The highest BCUT2D eigenvalue weighted by atomic mass is 16.7. The number of hydrogen-bond acceptors (Lipinski definition) is 3. The molecule has 130 valence electrons. The Labute approximate surface area is 153 Å². The number of hydrogen-bond donors (Lipinski definition) is 0. The molecule has 0 aliphatic heterocycles. The van der Waals surface area contributed by atoms with E-state index in [4.69, 9.17) is 9.47 Å². The summed E-state index contributed by atoms with van der Waals surface area (Å²) in [5, 5.41) is 0. The van der Waals surface area contributed by atoms with E-state index in [-0.39, 0.29) is 12.6 Å². The maximum atomic E-state index is 11.9. The SMILES string of the molecule is COCOc1ccc2c(c1)CC1=CC(=O)C=CC1=C2c1ccccc1C. The van der Waals surface area contributed by atoms with Crippen LogP contribution in [0.25, 0.3) is 5.57 Å². The normalized spacial score (nSPS) is 15.5. The highest BCUT2D eigenvalue weighted by Gasteiger charge is 2.25. The maximum Gasteiger partial charge on any atom is 0.188 e. The van der Waals surface area contributed by atoms with Crippen LogP contribution in [0.2, 0.25) is 0 Å². The maximum absolute atomic E-state index is 11.9. The van der Waals surface area contributed by atoms with Crippen molar-refractivity contribution in [3.05, 3.63) is 94.1 Å². The molecule has 4 rings (SSSR count). The monoisotopic (exact) mass is 344 g/mol. The number of aryl methyl sites for hydroxylation is 1. The third kappa shape index (κ3) is 2.91. The van der Waals surface area contributed by atoms with Crippen LogP contribution >= 0.6 is 0 Å². The average molecular weight is 344 g/mol. The van der Waals surface area contributed by atoms with Gasteiger partial charge in [-0.1, -0.05) is 36.4 Å². The third-order valence-electron chi connectivity index (χ3n) is 4.83. The lowest BCUT2D eigenvalue weighted by molar-refractivity contribution is -0.110. The molecule has 2 aliphatic rings. The Morgan fingerprint density at radius 1 is 1.04 bits per heavy atom. The third-order valence-corrected chi connectivity index (χ3v) is 4.83. The summed E-state index contributed by atoms with van der Waals surface area (Å²) in [6.07, 6.45) is 6.08. The molecule has 0 aromatic heterocycles. The lowest BCUT2D eigenvalue weighted by atomic mass is 9.77. The minimum absolute atomic E-state index is 0.0446. The van der Waals surface area contributed by atoms with Gasteiger partial charge in [0.1, 0.15) is 5.75 Å². The van der Waals surface area contributed by atoms with Crippen molar-refractivity contribution in [1.29, 1.82) is 0 Å². The standard InChI is InChI=1S/C23H20O3/c1-15-5-3-4-6-20(15)23-21-9-7-18(24)12-16(21)11-17-13-19(26-14-25-2)8-10-22(17)23/h3-10,12-13H,11,14H2,1-2H3. The van der Waals surface area contributed by atoms with Crippen molar-refractivity contribution in [2.24, 2.45) is 0 Å². The van der Waals surface area contributed by atoms with E-state index in [0.717, 1.165) is 28.9 Å². The molecule has 2 aromatic carbocycles. The second-order valence-electron chi connectivity index (χ2n) is 6.56. The van der Waals surface area contributed by atoms with Crippen LogP contribution < -0.4 is 4.74 Å². The zero-order valence-corrected chi connectivity index (χ0v) is 14.9. The fraction of sp³-hybridized carbons (Fsp3) is 0.174. The molecule has 0 saturated carbocycles. The molecule has 0 amide bonds. The Kier molecular flexibility index (Phi) is 4.31. The van der Waals surface area contributed by atoms with Gasteiger partial charge in [-0.15, -0.1) is 0 Å². The number of carbonyl (C=O) groups is 1. The lowest BCUT2D eigenvalue weighted by Gasteiger charge is -2.27. The molecule has 3 nitrogen and oxygen atoms in total. The van der Waals surface area contributed by atoms with Crippen LogP contribution in [0.4, 0.5) is 0 Å². The molecule has 0 spiro atoms. The van der Waals surface area contributed by atoms with Crippen molar-refractivity contribution < 1.29 is 14.3 Å². The van der Waals surface area contributed by atoms with Gasteiger partial charge in [-0.25, -0.2) is 0 Å². The Balaban J connectivity index is 1.92. The summed E-state index contributed by atoms with van der Waals surface area (Å²) in [5.41, 5.74) is 8.14. The highest BCUT2D eigenvalue weighted by molar-refractivity contribution is 6.05. The van der Waals surface area contributed by atoms with Crippen LogP contribution in [-0.4, -0.2) is 19.7 Å². The van der Waals surface area contributed by atoms with Gasteiger partial charge in [-0.2, -0.15) is 0 Å². The van der Waals surface area contributed by atoms with Gasteiger partial charge in [-0.05, 0) is 76.6 Å². The van der Waals surface area contributed by atoms with Crippen molar-refractivity contribution in [1.82, 2.24) is 0 Å². The molecule has 26 heavy (non-hydrogen) atoms. The molecule has 2 aromatic rings. The molecule has 0 heterocycles. The van der Waals surface area contributed by atoms with Gasteiger partial charge in [0.05, 0.1) is 0 Å². The molecule has 0 fully saturated rings. The van der Waals surface area contributed by atoms with Crippen LogP contribution in [-0.2, 0) is 16.0 Å². The molecular weight excluding hydrogens is 324 g/mol. The molecule has 0 radical (unpaired) electrons. The van der Waals surface area contributed by atoms with E-state index in [0.29, 0.717) is 0 Å². The largest absolute Gasteiger partial charge is 0.468 e. The van der Waals surface area contributed by atoms with Gasteiger partial charge in [0.15, 0.2) is 12.6 Å². The number of methoxy groups -OCH3 is 1. The number of rotatable bonds is 4. The van der Waals surface area contributed by atoms with Crippen LogP contribution in [0.1, 0.15) is 22.3 Å². The van der Waals surface area contributed by atoms with Crippen LogP contribution in [0.3, 0.4) is 0 Å². The van der Waals surface area contributed by atoms with Crippen molar-refractivity contribution >= 4 is 11.4 Å². The first-order chi connectivity index (χ1) is 12.7. The van der Waals surface area contributed by atoms with Crippen molar-refractivity contribution in [3.63, 3.8) is 0 Å². The number of benzene rings is 2. The average Bonchev–Trinajstić information content (AvgIpc) is 2.65. The summed E-state index contributed by atoms with van der Waals surface area (Å²) in [7, 11) is 1.61. The molecule has 3 heteroatoms. The van der Waals surface area contributed by atoms with E-state index in [2.05, 4.69) is 31.2 Å². The number of fused-ring (bicyclic) bond motifs is 2. The summed E-state index contributed by atoms with van der Waals surface area (Å²) in [6.45, 7) is 2.34. The summed E-state index contributed by atoms with van der Waals surface area (Å²) in [6, 6.07) is 14.5. The Morgan fingerprint density at radius 2 is 1.88 bits per heavy atom. The van der Waals surface area contributed by atoms with Gasteiger partial charge in [0, 0.05) is 7.11 Å². The summed E-state index contributed by atoms with van der Waals surface area (Å²) < 4.78 is 10.6. The predicted molar refractivity (Wildman–Crippen MR) is 102 cm³/mol. The number of ether oxygens (including phenoxy) is 2. The Bertz CT molecular complexity index is 977. The molecule has 2 aliphatic carbocycles. The quantitative estimate of drug-likeness (QED) is 0.771. The predicted octanol–water partition coefficient (Wildman–Crippen LogP) is 4.40. The summed E-state index contributed by atoms with van der Waals surface area (Å²) in [4.78, 5) is 11.9. The fourth-order valence-electron chi connectivity index (χ4n) is 3.63. The van der Waals surface area contributed by atoms with Crippen molar-refractivity contribution in [2.75, 3.05) is 13.9 Å². The zero-order valence-electron chi connectivity index (χ0n) is 14.9.